The van der Waals surface area contributed by atoms with Gasteiger partial charge in [-0.3, -0.25) is 10.1 Å². The average molecular weight is 338 g/mol. The first-order valence-corrected chi connectivity index (χ1v) is 8.00. The lowest BCUT2D eigenvalue weighted by Crippen LogP contribution is -2.58. The zero-order chi connectivity index (χ0) is 18.0. The first kappa shape index (κ1) is 15.5. The molecule has 2 aromatic carbocycles. The highest BCUT2D eigenvalue weighted by Crippen LogP contribution is 2.55. The van der Waals surface area contributed by atoms with Crippen LogP contribution in [0.5, 0.6) is 11.5 Å². The summed E-state index contributed by atoms with van der Waals surface area (Å²) in [5, 5.41) is 21.0. The summed E-state index contributed by atoms with van der Waals surface area (Å²) >= 11 is 0. The van der Waals surface area contributed by atoms with E-state index in [1.54, 1.807) is 30.3 Å². The maximum atomic E-state index is 11.2. The molecule has 1 unspecified atom stereocenters. The van der Waals surface area contributed by atoms with Crippen LogP contribution in [0.25, 0.3) is 6.08 Å². The summed E-state index contributed by atoms with van der Waals surface area (Å²) in [5.41, 5.74) is 1.33. The summed E-state index contributed by atoms with van der Waals surface area (Å²) in [7, 11) is 1.91. The predicted octanol–water partition coefficient (Wildman–Crippen LogP) is 3.83. The molecule has 0 fully saturated rings. The largest absolute Gasteiger partial charge is 0.508 e. The van der Waals surface area contributed by atoms with E-state index in [0.717, 1.165) is 16.8 Å². The van der Waals surface area contributed by atoms with Crippen molar-refractivity contribution in [1.82, 2.24) is 0 Å². The van der Waals surface area contributed by atoms with Crippen LogP contribution in [0.4, 0.5) is 11.4 Å². The van der Waals surface area contributed by atoms with Gasteiger partial charge < -0.3 is 14.7 Å². The molecule has 2 aromatic rings. The molecule has 0 bridgehead atoms. The first-order valence-electron chi connectivity index (χ1n) is 8.00. The van der Waals surface area contributed by atoms with Crippen molar-refractivity contribution in [2.45, 2.75) is 25.0 Å². The number of ether oxygens (including phenoxy) is 1. The first-order chi connectivity index (χ1) is 11.8. The number of aromatic hydroxyl groups is 1. The number of hydrogen-bond acceptors (Lipinski definition) is 5. The van der Waals surface area contributed by atoms with E-state index in [1.165, 1.54) is 6.07 Å². The Hall–Kier alpha value is -3.02. The van der Waals surface area contributed by atoms with Crippen LogP contribution in [0.15, 0.2) is 42.5 Å². The fourth-order valence-corrected chi connectivity index (χ4v) is 3.89. The van der Waals surface area contributed by atoms with E-state index in [1.807, 2.05) is 37.9 Å². The molecule has 6 nitrogen and oxygen atoms in total. The second-order valence-electron chi connectivity index (χ2n) is 7.00. The topological polar surface area (TPSA) is 75.8 Å². The number of nitrogens with zero attached hydrogens (tertiary/aromatic N) is 2. The Bertz CT molecular complexity index is 935. The third-order valence-corrected chi connectivity index (χ3v) is 5.37. The Morgan fingerprint density at radius 3 is 2.68 bits per heavy atom. The lowest BCUT2D eigenvalue weighted by atomic mass is 9.76. The zero-order valence-corrected chi connectivity index (χ0v) is 14.2. The second-order valence-corrected chi connectivity index (χ2v) is 7.00. The van der Waals surface area contributed by atoms with Gasteiger partial charge >= 0.3 is 0 Å². The van der Waals surface area contributed by atoms with E-state index in [0.29, 0.717) is 5.75 Å². The van der Waals surface area contributed by atoms with Crippen molar-refractivity contribution in [2.75, 3.05) is 11.9 Å². The number of nitro benzene ring substituents is 1. The van der Waals surface area contributed by atoms with Gasteiger partial charge in [0, 0.05) is 36.5 Å². The van der Waals surface area contributed by atoms with Gasteiger partial charge in [-0.15, -0.1) is 0 Å². The number of phenolic OH excluding ortho intramolecular Hbond substituents is 1. The van der Waals surface area contributed by atoms with E-state index < -0.39 is 11.1 Å². The van der Waals surface area contributed by atoms with Crippen LogP contribution in [0.3, 0.4) is 0 Å². The SMILES string of the molecule is CN1c2ccc([N+](=O)[O-])cc2C(C)(C)C12C=Cc1ccc(O)cc1O2. The van der Waals surface area contributed by atoms with Crippen LogP contribution in [0.1, 0.15) is 25.0 Å². The van der Waals surface area contributed by atoms with Crippen molar-refractivity contribution in [3.8, 4) is 11.5 Å². The minimum atomic E-state index is -0.828. The molecular weight excluding hydrogens is 320 g/mol. The Kier molecular flexibility index (Phi) is 2.95. The van der Waals surface area contributed by atoms with E-state index in [2.05, 4.69) is 0 Å². The van der Waals surface area contributed by atoms with Gasteiger partial charge in [-0.05, 0) is 49.8 Å². The smallest absolute Gasteiger partial charge is 0.269 e. The van der Waals surface area contributed by atoms with Crippen LogP contribution in [-0.2, 0) is 5.41 Å². The van der Waals surface area contributed by atoms with Crippen LogP contribution in [0.2, 0.25) is 0 Å². The minimum Gasteiger partial charge on any atom is -0.508 e. The molecule has 25 heavy (non-hydrogen) atoms. The standard InChI is InChI=1S/C19H18N2O4/c1-18(2)15-10-13(21(23)24)5-7-16(15)20(3)19(18)9-8-12-4-6-14(22)11-17(12)25-19/h4-11,22H,1-3H3. The summed E-state index contributed by atoms with van der Waals surface area (Å²) in [4.78, 5) is 12.8. The number of non-ortho nitro benzene ring substituents is 1. The van der Waals surface area contributed by atoms with Crippen molar-refractivity contribution in [3.05, 3.63) is 63.7 Å². The highest BCUT2D eigenvalue weighted by Gasteiger charge is 2.58. The summed E-state index contributed by atoms with van der Waals surface area (Å²) < 4.78 is 6.38. The highest BCUT2D eigenvalue weighted by molar-refractivity contribution is 5.73. The maximum Gasteiger partial charge on any atom is 0.269 e. The molecule has 1 atom stereocenters. The van der Waals surface area contributed by atoms with Crippen LogP contribution < -0.4 is 9.64 Å². The molecule has 2 aliphatic rings. The van der Waals surface area contributed by atoms with Crippen molar-refractivity contribution >= 4 is 17.5 Å². The van der Waals surface area contributed by atoms with Crippen molar-refractivity contribution in [1.29, 1.82) is 0 Å². The fourth-order valence-electron chi connectivity index (χ4n) is 3.89. The van der Waals surface area contributed by atoms with Gasteiger partial charge in [0.2, 0.25) is 5.72 Å². The highest BCUT2D eigenvalue weighted by atomic mass is 16.6. The number of hydrogen-bond donors (Lipinski definition) is 1. The van der Waals surface area contributed by atoms with Crippen LogP contribution >= 0.6 is 0 Å². The molecule has 0 aliphatic carbocycles. The van der Waals surface area contributed by atoms with Crippen LogP contribution in [-0.4, -0.2) is 22.8 Å². The van der Waals surface area contributed by atoms with E-state index >= 15 is 0 Å². The van der Waals surface area contributed by atoms with E-state index in [4.69, 9.17) is 4.74 Å². The molecule has 2 aliphatic heterocycles. The van der Waals surface area contributed by atoms with E-state index in [-0.39, 0.29) is 16.4 Å². The molecule has 0 saturated carbocycles. The molecule has 0 saturated heterocycles. The maximum absolute atomic E-state index is 11.2. The summed E-state index contributed by atoms with van der Waals surface area (Å²) in [6.07, 6.45) is 3.95. The lowest BCUT2D eigenvalue weighted by Gasteiger charge is -2.45. The van der Waals surface area contributed by atoms with Gasteiger partial charge in [-0.1, -0.05) is 0 Å². The number of phenols is 1. The monoisotopic (exact) mass is 338 g/mol. The summed E-state index contributed by atoms with van der Waals surface area (Å²) in [5.74, 6) is 0.723. The van der Waals surface area contributed by atoms with Gasteiger partial charge in [0.25, 0.3) is 5.69 Å². The Labute approximate surface area is 145 Å². The van der Waals surface area contributed by atoms with Gasteiger partial charge in [0.15, 0.2) is 0 Å². The number of benzene rings is 2. The molecule has 6 heteroatoms. The second kappa shape index (κ2) is 4.75. The van der Waals surface area contributed by atoms with Gasteiger partial charge in [0.05, 0.1) is 10.3 Å². The zero-order valence-electron chi connectivity index (χ0n) is 14.2. The predicted molar refractivity (Wildman–Crippen MR) is 95.0 cm³/mol. The molecule has 1 N–H and O–H groups in total. The fraction of sp³-hybridized carbons (Fsp3) is 0.263. The van der Waals surface area contributed by atoms with Crippen molar-refractivity contribution < 1.29 is 14.8 Å². The number of fused-ring (bicyclic) bond motifs is 2. The van der Waals surface area contributed by atoms with E-state index in [9.17, 15) is 15.2 Å². The summed E-state index contributed by atoms with van der Waals surface area (Å²) in [6.45, 7) is 4.02. The van der Waals surface area contributed by atoms with Crippen LogP contribution in [0, 0.1) is 10.1 Å². The molecule has 0 aromatic heterocycles. The van der Waals surface area contributed by atoms with Gasteiger partial charge in [-0.2, -0.15) is 0 Å². The average Bonchev–Trinajstić information content (AvgIpc) is 2.73. The van der Waals surface area contributed by atoms with Gasteiger partial charge in [-0.25, -0.2) is 0 Å². The third-order valence-electron chi connectivity index (χ3n) is 5.37. The number of rotatable bonds is 1. The Morgan fingerprint density at radius 2 is 1.96 bits per heavy atom. The Balaban J connectivity index is 1.88. The summed E-state index contributed by atoms with van der Waals surface area (Å²) in [6, 6.07) is 9.90. The molecule has 128 valence electrons. The number of anilines is 1. The minimum absolute atomic E-state index is 0.0649. The quantitative estimate of drug-likeness (QED) is 0.632. The molecule has 2 heterocycles. The molecule has 0 amide bonds. The van der Waals surface area contributed by atoms with Gasteiger partial charge in [0.1, 0.15) is 11.5 Å². The number of likely N-dealkylation sites (N-methyl/N-ethyl adjacent to an activating group) is 1. The third kappa shape index (κ3) is 1.91. The lowest BCUT2D eigenvalue weighted by molar-refractivity contribution is -0.384. The molecule has 0 radical (unpaired) electrons. The number of nitro groups is 1. The Morgan fingerprint density at radius 1 is 1.20 bits per heavy atom. The normalized spacial score (nSPS) is 22.4. The van der Waals surface area contributed by atoms with Crippen molar-refractivity contribution in [3.63, 3.8) is 0 Å². The molecule has 1 spiro atoms. The van der Waals surface area contributed by atoms with Crippen molar-refractivity contribution in [2.24, 2.45) is 0 Å². The molecule has 4 rings (SSSR count). The molecular formula is C19H18N2O4.